The fourth-order valence-electron chi connectivity index (χ4n) is 2.67. The third kappa shape index (κ3) is 10.6. The number of methoxy groups -OCH3 is 2. The average molecular weight is 453 g/mol. The van der Waals surface area contributed by atoms with Crippen molar-refractivity contribution in [3.8, 4) is 0 Å². The van der Waals surface area contributed by atoms with E-state index in [4.69, 9.17) is 18.9 Å². The molecule has 0 unspecified atom stereocenters. The quantitative estimate of drug-likeness (QED) is 0.409. The number of nitrogens with one attached hydrogen (secondary N) is 2. The summed E-state index contributed by atoms with van der Waals surface area (Å²) in [4.78, 5) is 48.1. The summed E-state index contributed by atoms with van der Waals surface area (Å²) in [7, 11) is 2.40. The topological polar surface area (TPSA) is 129 Å². The SMILES string of the molecule is COC(=O)[C@H](CCC[C@@H](NC(=O)OC(C)(C)C)C(=O)OC)NC(=O)OCc1ccccc1. The lowest BCUT2D eigenvalue weighted by Gasteiger charge is -2.23. The largest absolute Gasteiger partial charge is 0.467 e. The Kier molecular flexibility index (Phi) is 11.0. The molecule has 0 heterocycles. The molecule has 0 saturated heterocycles. The van der Waals surface area contributed by atoms with Crippen LogP contribution in [0.2, 0.25) is 0 Å². The van der Waals surface area contributed by atoms with Crippen LogP contribution < -0.4 is 10.6 Å². The molecule has 10 heteroatoms. The fourth-order valence-corrected chi connectivity index (χ4v) is 2.67. The van der Waals surface area contributed by atoms with E-state index in [9.17, 15) is 19.2 Å². The van der Waals surface area contributed by atoms with Crippen LogP contribution in [0.4, 0.5) is 9.59 Å². The third-order valence-electron chi connectivity index (χ3n) is 4.15. The molecule has 10 nitrogen and oxygen atoms in total. The predicted octanol–water partition coefficient (Wildman–Crippen LogP) is 2.69. The van der Waals surface area contributed by atoms with Gasteiger partial charge in [-0.1, -0.05) is 30.3 Å². The van der Waals surface area contributed by atoms with E-state index in [-0.39, 0.29) is 25.9 Å². The highest BCUT2D eigenvalue weighted by atomic mass is 16.6. The molecular formula is C22H32N2O8. The number of carbonyl (C=O) groups is 4. The monoisotopic (exact) mass is 452 g/mol. The molecule has 0 aliphatic heterocycles. The Labute approximate surface area is 187 Å². The van der Waals surface area contributed by atoms with Gasteiger partial charge in [0.2, 0.25) is 0 Å². The van der Waals surface area contributed by atoms with E-state index in [2.05, 4.69) is 10.6 Å². The van der Waals surface area contributed by atoms with Crippen molar-refractivity contribution in [1.82, 2.24) is 10.6 Å². The van der Waals surface area contributed by atoms with Crippen LogP contribution in [0.3, 0.4) is 0 Å². The van der Waals surface area contributed by atoms with E-state index in [0.717, 1.165) is 5.56 Å². The number of hydrogen-bond donors (Lipinski definition) is 2. The standard InChI is InChI=1S/C22H32N2O8/c1-22(2,3)32-21(28)24-17(19(26)30-5)13-9-12-16(18(25)29-4)23-20(27)31-14-15-10-7-6-8-11-15/h6-8,10-11,16-17H,9,12-14H2,1-5H3,(H,23,27)(H,24,28)/t16-,17+/m0/s1. The summed E-state index contributed by atoms with van der Waals surface area (Å²) < 4.78 is 19.7. The molecule has 0 fully saturated rings. The van der Waals surface area contributed by atoms with Gasteiger partial charge in [-0.3, -0.25) is 0 Å². The molecule has 32 heavy (non-hydrogen) atoms. The summed E-state index contributed by atoms with van der Waals surface area (Å²) in [6.45, 7) is 5.14. The Morgan fingerprint density at radius 1 is 0.844 bits per heavy atom. The first-order valence-electron chi connectivity index (χ1n) is 10.2. The average Bonchev–Trinajstić information content (AvgIpc) is 2.74. The van der Waals surface area contributed by atoms with Crippen LogP contribution in [0.15, 0.2) is 30.3 Å². The van der Waals surface area contributed by atoms with Gasteiger partial charge in [-0.05, 0) is 45.6 Å². The predicted molar refractivity (Wildman–Crippen MR) is 115 cm³/mol. The number of alkyl carbamates (subject to hydrolysis) is 2. The van der Waals surface area contributed by atoms with Crippen LogP contribution in [0.1, 0.15) is 45.6 Å². The summed E-state index contributed by atoms with van der Waals surface area (Å²) in [5.41, 5.74) is 0.0662. The first-order chi connectivity index (χ1) is 15.1. The zero-order valence-corrected chi connectivity index (χ0v) is 19.1. The lowest BCUT2D eigenvalue weighted by atomic mass is 10.1. The first kappa shape index (κ1) is 26.7. The Bertz CT molecular complexity index is 761. The molecule has 1 aromatic rings. The van der Waals surface area contributed by atoms with Crippen LogP contribution in [0, 0.1) is 0 Å². The van der Waals surface area contributed by atoms with E-state index < -0.39 is 41.8 Å². The molecule has 2 atom stereocenters. The number of esters is 2. The van der Waals surface area contributed by atoms with Crippen molar-refractivity contribution in [1.29, 1.82) is 0 Å². The van der Waals surface area contributed by atoms with E-state index >= 15 is 0 Å². The summed E-state index contributed by atoms with van der Waals surface area (Å²) in [6.07, 6.45) is -0.953. The number of benzene rings is 1. The van der Waals surface area contributed by atoms with Crippen molar-refractivity contribution >= 4 is 24.1 Å². The lowest BCUT2D eigenvalue weighted by Crippen LogP contribution is -2.45. The van der Waals surface area contributed by atoms with Gasteiger partial charge in [-0.15, -0.1) is 0 Å². The molecule has 1 rings (SSSR count). The highest BCUT2D eigenvalue weighted by Crippen LogP contribution is 2.11. The maximum atomic E-state index is 12.1. The molecule has 0 aromatic heterocycles. The molecule has 178 valence electrons. The second-order valence-corrected chi connectivity index (χ2v) is 7.93. The van der Waals surface area contributed by atoms with Crippen molar-refractivity contribution in [2.45, 2.75) is 64.3 Å². The Balaban J connectivity index is 2.61. The molecular weight excluding hydrogens is 420 g/mol. The minimum atomic E-state index is -0.983. The van der Waals surface area contributed by atoms with Crippen molar-refractivity contribution in [2.24, 2.45) is 0 Å². The minimum Gasteiger partial charge on any atom is -0.467 e. The van der Waals surface area contributed by atoms with Crippen molar-refractivity contribution in [2.75, 3.05) is 14.2 Å². The second-order valence-electron chi connectivity index (χ2n) is 7.93. The fraction of sp³-hybridized carbons (Fsp3) is 0.545. The molecule has 0 spiro atoms. The maximum absolute atomic E-state index is 12.1. The van der Waals surface area contributed by atoms with Crippen molar-refractivity contribution < 1.29 is 38.1 Å². The van der Waals surface area contributed by atoms with Crippen LogP contribution in [0.25, 0.3) is 0 Å². The van der Waals surface area contributed by atoms with Gasteiger partial charge in [0.25, 0.3) is 0 Å². The molecule has 0 aliphatic carbocycles. The van der Waals surface area contributed by atoms with Gasteiger partial charge in [-0.2, -0.15) is 0 Å². The Hall–Kier alpha value is -3.30. The van der Waals surface area contributed by atoms with Crippen LogP contribution in [-0.2, 0) is 35.1 Å². The molecule has 0 radical (unpaired) electrons. The number of ether oxygens (including phenoxy) is 4. The zero-order chi connectivity index (χ0) is 24.1. The van der Waals surface area contributed by atoms with Gasteiger partial charge in [0.1, 0.15) is 24.3 Å². The van der Waals surface area contributed by atoms with Gasteiger partial charge in [0, 0.05) is 0 Å². The van der Waals surface area contributed by atoms with E-state index in [1.54, 1.807) is 32.9 Å². The Morgan fingerprint density at radius 2 is 1.34 bits per heavy atom. The summed E-state index contributed by atoms with van der Waals surface area (Å²) in [5, 5.41) is 4.92. The normalized spacial score (nSPS) is 12.7. The van der Waals surface area contributed by atoms with E-state index in [1.807, 2.05) is 18.2 Å². The highest BCUT2D eigenvalue weighted by Gasteiger charge is 2.27. The number of hydrogen-bond acceptors (Lipinski definition) is 8. The summed E-state index contributed by atoms with van der Waals surface area (Å²) in [6, 6.07) is 7.12. The van der Waals surface area contributed by atoms with Crippen molar-refractivity contribution in [3.05, 3.63) is 35.9 Å². The van der Waals surface area contributed by atoms with Gasteiger partial charge >= 0.3 is 24.1 Å². The third-order valence-corrected chi connectivity index (χ3v) is 4.15. The van der Waals surface area contributed by atoms with Gasteiger partial charge in [0.05, 0.1) is 14.2 Å². The first-order valence-corrected chi connectivity index (χ1v) is 10.2. The van der Waals surface area contributed by atoms with Crippen molar-refractivity contribution in [3.63, 3.8) is 0 Å². The molecule has 0 saturated carbocycles. The molecule has 0 aliphatic rings. The van der Waals surface area contributed by atoms with Gasteiger partial charge < -0.3 is 29.6 Å². The number of rotatable bonds is 10. The van der Waals surface area contributed by atoms with E-state index in [0.29, 0.717) is 0 Å². The zero-order valence-electron chi connectivity index (χ0n) is 19.1. The van der Waals surface area contributed by atoms with Crippen LogP contribution in [0.5, 0.6) is 0 Å². The summed E-state index contributed by atoms with van der Waals surface area (Å²) >= 11 is 0. The minimum absolute atomic E-state index is 0.0464. The van der Waals surface area contributed by atoms with E-state index in [1.165, 1.54) is 14.2 Å². The van der Waals surface area contributed by atoms with Gasteiger partial charge in [-0.25, -0.2) is 19.2 Å². The number of amides is 2. The second kappa shape index (κ2) is 13.2. The molecule has 0 bridgehead atoms. The molecule has 2 amide bonds. The smallest absolute Gasteiger partial charge is 0.408 e. The van der Waals surface area contributed by atoms with Crippen LogP contribution in [-0.4, -0.2) is 56.0 Å². The van der Waals surface area contributed by atoms with Gasteiger partial charge in [0.15, 0.2) is 0 Å². The maximum Gasteiger partial charge on any atom is 0.408 e. The molecule has 2 N–H and O–H groups in total. The Morgan fingerprint density at radius 3 is 1.81 bits per heavy atom. The number of carbonyl (C=O) groups excluding carboxylic acids is 4. The lowest BCUT2D eigenvalue weighted by molar-refractivity contribution is -0.143. The highest BCUT2D eigenvalue weighted by molar-refractivity contribution is 5.82. The molecule has 1 aromatic carbocycles. The summed E-state index contributed by atoms with van der Waals surface area (Å²) in [5.74, 6) is -1.31. The van der Waals surface area contributed by atoms with Crippen LogP contribution >= 0.6 is 0 Å².